The lowest BCUT2D eigenvalue weighted by Gasteiger charge is -2.17. The van der Waals surface area contributed by atoms with Gasteiger partial charge in [0.15, 0.2) is 13.6 Å². The van der Waals surface area contributed by atoms with E-state index in [0.717, 1.165) is 5.56 Å². The van der Waals surface area contributed by atoms with Gasteiger partial charge >= 0.3 is 5.97 Å². The molecule has 0 spiro atoms. The number of anilines is 2. The Morgan fingerprint density at radius 2 is 1.80 bits per heavy atom. The highest BCUT2D eigenvalue weighted by Gasteiger charge is 2.21. The molecule has 30 heavy (non-hydrogen) atoms. The molecule has 9 heteroatoms. The van der Waals surface area contributed by atoms with Gasteiger partial charge in [0.2, 0.25) is 0 Å². The van der Waals surface area contributed by atoms with E-state index in [0.29, 0.717) is 18.1 Å². The minimum absolute atomic E-state index is 0.00150. The van der Waals surface area contributed by atoms with E-state index >= 15 is 0 Å². The van der Waals surface area contributed by atoms with Crippen molar-refractivity contribution in [2.24, 2.45) is 0 Å². The molecule has 0 aliphatic heterocycles. The van der Waals surface area contributed by atoms with Gasteiger partial charge in [-0.2, -0.15) is 5.10 Å². The van der Waals surface area contributed by atoms with E-state index in [9.17, 15) is 9.90 Å². The summed E-state index contributed by atoms with van der Waals surface area (Å²) in [5.41, 5.74) is 1.30. The van der Waals surface area contributed by atoms with Gasteiger partial charge in [-0.05, 0) is 5.56 Å². The number of benzene rings is 2. The smallest absolute Gasteiger partial charge is 0.341 e. The summed E-state index contributed by atoms with van der Waals surface area (Å²) in [6.45, 7) is 0.409. The van der Waals surface area contributed by atoms with Gasteiger partial charge in [0.1, 0.15) is 22.9 Å². The van der Waals surface area contributed by atoms with E-state index in [1.807, 2.05) is 30.3 Å². The summed E-state index contributed by atoms with van der Waals surface area (Å²) >= 11 is 0. The number of methoxy groups -OCH3 is 2. The standard InChI is InChI=1S/C21H23N3O6/c1-27-13-29-16-10-17(20(21(25)26)18(11-16)30-14-28-2)23-19-8-9-22-24(19)12-15-6-4-3-5-7-15/h3-11,23H,12-14H2,1-2H3,(H,25,26). The maximum atomic E-state index is 12.0. The summed E-state index contributed by atoms with van der Waals surface area (Å²) in [7, 11) is 2.95. The number of hydrogen-bond donors (Lipinski definition) is 2. The van der Waals surface area contributed by atoms with Gasteiger partial charge in [0, 0.05) is 32.4 Å². The average molecular weight is 413 g/mol. The average Bonchev–Trinajstić information content (AvgIpc) is 3.17. The van der Waals surface area contributed by atoms with Crippen molar-refractivity contribution in [1.82, 2.24) is 9.78 Å². The zero-order valence-corrected chi connectivity index (χ0v) is 16.7. The van der Waals surface area contributed by atoms with Gasteiger partial charge in [-0.1, -0.05) is 30.3 Å². The predicted molar refractivity (Wildman–Crippen MR) is 109 cm³/mol. The van der Waals surface area contributed by atoms with Gasteiger partial charge in [-0.25, -0.2) is 9.48 Å². The van der Waals surface area contributed by atoms with Crippen molar-refractivity contribution in [1.29, 1.82) is 0 Å². The molecule has 0 saturated heterocycles. The minimum Gasteiger partial charge on any atom is -0.477 e. The molecule has 0 atom stereocenters. The van der Waals surface area contributed by atoms with Crippen LogP contribution in [0.25, 0.3) is 0 Å². The van der Waals surface area contributed by atoms with Crippen LogP contribution in [0.1, 0.15) is 15.9 Å². The van der Waals surface area contributed by atoms with E-state index in [4.69, 9.17) is 18.9 Å². The Balaban J connectivity index is 1.96. The number of carboxylic acid groups (broad SMARTS) is 1. The number of hydrogen-bond acceptors (Lipinski definition) is 7. The molecule has 0 fully saturated rings. The molecule has 9 nitrogen and oxygen atoms in total. The molecule has 2 aromatic carbocycles. The lowest BCUT2D eigenvalue weighted by Crippen LogP contribution is -2.12. The first-order chi connectivity index (χ1) is 14.6. The predicted octanol–water partition coefficient (Wildman–Crippen LogP) is 3.34. The van der Waals surface area contributed by atoms with Crippen LogP contribution in [-0.4, -0.2) is 48.7 Å². The van der Waals surface area contributed by atoms with Gasteiger partial charge in [0.05, 0.1) is 18.4 Å². The third kappa shape index (κ3) is 5.28. The fourth-order valence-corrected chi connectivity index (χ4v) is 2.82. The highest BCUT2D eigenvalue weighted by molar-refractivity contribution is 5.98. The third-order valence-corrected chi connectivity index (χ3v) is 4.12. The summed E-state index contributed by atoms with van der Waals surface area (Å²) in [5, 5.41) is 17.3. The van der Waals surface area contributed by atoms with Crippen LogP contribution in [0.3, 0.4) is 0 Å². The Labute approximate surface area is 173 Å². The second-order valence-electron chi connectivity index (χ2n) is 6.24. The molecule has 1 aromatic heterocycles. The molecule has 0 saturated carbocycles. The second-order valence-corrected chi connectivity index (χ2v) is 6.24. The lowest BCUT2D eigenvalue weighted by atomic mass is 10.1. The van der Waals surface area contributed by atoms with Crippen molar-refractivity contribution < 1.29 is 28.8 Å². The fourth-order valence-electron chi connectivity index (χ4n) is 2.82. The topological polar surface area (TPSA) is 104 Å². The lowest BCUT2D eigenvalue weighted by molar-refractivity contribution is 0.0447. The fraction of sp³-hybridized carbons (Fsp3) is 0.238. The number of rotatable bonds is 11. The van der Waals surface area contributed by atoms with Crippen LogP contribution >= 0.6 is 0 Å². The maximum Gasteiger partial charge on any atom is 0.341 e. The summed E-state index contributed by atoms with van der Waals surface area (Å²) in [6, 6.07) is 14.6. The Bertz CT molecular complexity index is 974. The first-order valence-corrected chi connectivity index (χ1v) is 9.10. The monoisotopic (exact) mass is 413 g/mol. The number of nitrogens with one attached hydrogen (secondary N) is 1. The molecule has 0 radical (unpaired) electrons. The number of ether oxygens (including phenoxy) is 4. The zero-order valence-electron chi connectivity index (χ0n) is 16.7. The van der Waals surface area contributed by atoms with Crippen molar-refractivity contribution in [3.05, 3.63) is 65.9 Å². The third-order valence-electron chi connectivity index (χ3n) is 4.12. The zero-order chi connectivity index (χ0) is 21.3. The van der Waals surface area contributed by atoms with Crippen molar-refractivity contribution in [3.63, 3.8) is 0 Å². The molecule has 158 valence electrons. The van der Waals surface area contributed by atoms with E-state index in [1.165, 1.54) is 20.3 Å². The first-order valence-electron chi connectivity index (χ1n) is 9.10. The van der Waals surface area contributed by atoms with Crippen LogP contribution < -0.4 is 14.8 Å². The normalized spacial score (nSPS) is 10.6. The SMILES string of the molecule is COCOc1cc(Nc2ccnn2Cc2ccccc2)c(C(=O)O)c(OCOC)c1. The van der Waals surface area contributed by atoms with Crippen LogP contribution in [0.4, 0.5) is 11.5 Å². The quantitative estimate of drug-likeness (QED) is 0.461. The highest BCUT2D eigenvalue weighted by atomic mass is 16.7. The number of carbonyl (C=O) groups is 1. The Hall–Kier alpha value is -3.56. The van der Waals surface area contributed by atoms with Gasteiger partial charge < -0.3 is 29.4 Å². The molecule has 0 aliphatic rings. The number of nitrogens with zero attached hydrogens (tertiary/aromatic N) is 2. The number of carboxylic acids is 1. The van der Waals surface area contributed by atoms with Crippen LogP contribution in [0.15, 0.2) is 54.7 Å². The van der Waals surface area contributed by atoms with Gasteiger partial charge in [-0.15, -0.1) is 0 Å². The Morgan fingerprint density at radius 3 is 2.50 bits per heavy atom. The highest BCUT2D eigenvalue weighted by Crippen LogP contribution is 2.34. The Morgan fingerprint density at radius 1 is 1.07 bits per heavy atom. The molecule has 0 aliphatic carbocycles. The van der Waals surface area contributed by atoms with E-state index in [2.05, 4.69) is 10.4 Å². The molecule has 0 unspecified atom stereocenters. The summed E-state index contributed by atoms with van der Waals surface area (Å²) in [6.07, 6.45) is 1.64. The molecule has 3 rings (SSSR count). The molecular formula is C21H23N3O6. The van der Waals surface area contributed by atoms with Gasteiger partial charge in [0.25, 0.3) is 0 Å². The number of aromatic carboxylic acids is 1. The van der Waals surface area contributed by atoms with Crippen molar-refractivity contribution in [2.45, 2.75) is 6.54 Å². The number of aromatic nitrogens is 2. The van der Waals surface area contributed by atoms with Crippen molar-refractivity contribution >= 4 is 17.5 Å². The van der Waals surface area contributed by atoms with Crippen LogP contribution in [0.2, 0.25) is 0 Å². The van der Waals surface area contributed by atoms with E-state index in [1.54, 1.807) is 23.0 Å². The minimum atomic E-state index is -1.16. The molecule has 2 N–H and O–H groups in total. The van der Waals surface area contributed by atoms with Crippen molar-refractivity contribution in [2.75, 3.05) is 33.1 Å². The van der Waals surface area contributed by atoms with Crippen LogP contribution in [0.5, 0.6) is 11.5 Å². The maximum absolute atomic E-state index is 12.0. The summed E-state index contributed by atoms with van der Waals surface area (Å²) in [4.78, 5) is 12.0. The molecule has 3 aromatic rings. The van der Waals surface area contributed by atoms with Crippen LogP contribution in [0, 0.1) is 0 Å². The summed E-state index contributed by atoms with van der Waals surface area (Å²) in [5.74, 6) is -0.0573. The summed E-state index contributed by atoms with van der Waals surface area (Å²) < 4.78 is 22.6. The molecular weight excluding hydrogens is 390 g/mol. The molecule has 0 bridgehead atoms. The molecule has 0 amide bonds. The molecule has 1 heterocycles. The first kappa shape index (κ1) is 21.2. The van der Waals surface area contributed by atoms with Crippen LogP contribution in [-0.2, 0) is 16.0 Å². The Kier molecular flexibility index (Phi) is 7.25. The van der Waals surface area contributed by atoms with E-state index < -0.39 is 5.97 Å². The second kappa shape index (κ2) is 10.3. The van der Waals surface area contributed by atoms with E-state index in [-0.39, 0.29) is 30.6 Å². The van der Waals surface area contributed by atoms with Crippen molar-refractivity contribution in [3.8, 4) is 11.5 Å². The largest absolute Gasteiger partial charge is 0.477 e. The van der Waals surface area contributed by atoms with Gasteiger partial charge in [-0.3, -0.25) is 0 Å².